The second-order valence-corrected chi connectivity index (χ2v) is 3.99. The van der Waals surface area contributed by atoms with Crippen LogP contribution in [0.4, 0.5) is 0 Å². The van der Waals surface area contributed by atoms with E-state index >= 15 is 0 Å². The predicted octanol–water partition coefficient (Wildman–Crippen LogP) is 0.306. The third-order valence-electron chi connectivity index (χ3n) is 2.55. The van der Waals surface area contributed by atoms with Crippen molar-refractivity contribution in [3.8, 4) is 0 Å². The molecule has 0 saturated heterocycles. The van der Waals surface area contributed by atoms with E-state index in [4.69, 9.17) is 31.7 Å². The maximum absolute atomic E-state index is 6.12. The Hall–Kier alpha value is -0.700. The normalized spacial score (nSPS) is 13.2. The van der Waals surface area contributed by atoms with Gasteiger partial charge in [-0.25, -0.2) is 5.43 Å². The summed E-state index contributed by atoms with van der Waals surface area (Å²) >= 11 is 6.12. The van der Waals surface area contributed by atoms with Gasteiger partial charge in [0.15, 0.2) is 6.29 Å². The largest absolute Gasteiger partial charge is 0.383 e. The zero-order valence-electron chi connectivity index (χ0n) is 10.7. The van der Waals surface area contributed by atoms with Crippen LogP contribution in [0.15, 0.2) is 6.20 Å². The van der Waals surface area contributed by atoms with E-state index in [2.05, 4.69) is 10.5 Å². The topological polar surface area (TPSA) is 83.6 Å². The van der Waals surface area contributed by atoms with Crippen LogP contribution < -0.4 is 11.3 Å². The number of nitrogens with zero attached hydrogens (tertiary/aromatic N) is 2. The lowest BCUT2D eigenvalue weighted by molar-refractivity contribution is -0.125. The average molecular weight is 279 g/mol. The van der Waals surface area contributed by atoms with Crippen molar-refractivity contribution in [1.29, 1.82) is 0 Å². The number of rotatable bonds is 8. The van der Waals surface area contributed by atoms with Gasteiger partial charge in [0.2, 0.25) is 0 Å². The number of hydrogen-bond donors (Lipinski definition) is 2. The Morgan fingerprint density at radius 3 is 2.61 bits per heavy atom. The summed E-state index contributed by atoms with van der Waals surface area (Å²) in [7, 11) is 4.68. The molecule has 8 heteroatoms. The number of halogens is 1. The highest BCUT2D eigenvalue weighted by atomic mass is 35.5. The molecule has 0 amide bonds. The maximum Gasteiger partial charge on any atom is 0.179 e. The van der Waals surface area contributed by atoms with Crippen molar-refractivity contribution < 1.29 is 14.2 Å². The van der Waals surface area contributed by atoms with Gasteiger partial charge in [-0.05, 0) is 0 Å². The molecular weight excluding hydrogens is 260 g/mol. The molecule has 0 radical (unpaired) electrons. The number of ether oxygens (including phenoxy) is 3. The molecule has 0 saturated carbocycles. The van der Waals surface area contributed by atoms with Crippen LogP contribution in [0.3, 0.4) is 0 Å². The Morgan fingerprint density at radius 2 is 2.11 bits per heavy atom. The van der Waals surface area contributed by atoms with Crippen molar-refractivity contribution in [2.45, 2.75) is 18.9 Å². The van der Waals surface area contributed by atoms with Gasteiger partial charge in [0, 0.05) is 21.3 Å². The molecular formula is C10H19ClN4O3. The van der Waals surface area contributed by atoms with E-state index in [9.17, 15) is 0 Å². The van der Waals surface area contributed by atoms with Crippen molar-refractivity contribution >= 4 is 11.6 Å². The summed E-state index contributed by atoms with van der Waals surface area (Å²) < 4.78 is 17.1. The van der Waals surface area contributed by atoms with Crippen LogP contribution >= 0.6 is 11.6 Å². The zero-order valence-corrected chi connectivity index (χ0v) is 11.5. The minimum atomic E-state index is -0.564. The van der Waals surface area contributed by atoms with Crippen LogP contribution in [0.2, 0.25) is 5.02 Å². The summed E-state index contributed by atoms with van der Waals surface area (Å²) in [5.74, 6) is 5.54. The fourth-order valence-electron chi connectivity index (χ4n) is 1.69. The van der Waals surface area contributed by atoms with Gasteiger partial charge in [0.1, 0.15) is 6.04 Å². The van der Waals surface area contributed by atoms with E-state index in [1.807, 2.05) is 0 Å². The number of nitrogens with two attached hydrogens (primary N) is 1. The Kier molecular flexibility index (Phi) is 6.55. The Labute approximate surface area is 111 Å². The van der Waals surface area contributed by atoms with E-state index in [1.165, 1.54) is 14.2 Å². The van der Waals surface area contributed by atoms with E-state index in [1.54, 1.807) is 18.0 Å². The van der Waals surface area contributed by atoms with Crippen LogP contribution in [0, 0.1) is 0 Å². The second kappa shape index (κ2) is 7.67. The maximum atomic E-state index is 6.12. The number of hydrogen-bond acceptors (Lipinski definition) is 6. The molecule has 3 N–H and O–H groups in total. The first-order valence-corrected chi connectivity index (χ1v) is 5.79. The van der Waals surface area contributed by atoms with Gasteiger partial charge in [-0.15, -0.1) is 0 Å². The molecule has 0 aliphatic rings. The highest BCUT2D eigenvalue weighted by Crippen LogP contribution is 2.26. The van der Waals surface area contributed by atoms with Crippen LogP contribution in [-0.2, 0) is 20.8 Å². The molecule has 0 bridgehead atoms. The molecule has 1 atom stereocenters. The van der Waals surface area contributed by atoms with Gasteiger partial charge in [-0.2, -0.15) is 5.10 Å². The van der Waals surface area contributed by atoms with E-state index in [-0.39, 0.29) is 0 Å². The molecule has 7 nitrogen and oxygen atoms in total. The molecule has 18 heavy (non-hydrogen) atoms. The number of methoxy groups -OCH3 is 3. The standard InChI is InChI=1S/C10H19ClN4O3/c1-16-5-4-15-9(7(11)6-13-15)8(14-12)10(17-2)18-3/h6,8,10,14H,4-5,12H2,1-3H3. The molecule has 1 heterocycles. The van der Waals surface area contributed by atoms with Crippen LogP contribution in [0.25, 0.3) is 0 Å². The lowest BCUT2D eigenvalue weighted by Crippen LogP contribution is -2.40. The first kappa shape index (κ1) is 15.4. The summed E-state index contributed by atoms with van der Waals surface area (Å²) in [4.78, 5) is 0. The van der Waals surface area contributed by atoms with Gasteiger partial charge in [0.25, 0.3) is 0 Å². The summed E-state index contributed by atoms with van der Waals surface area (Å²) in [5.41, 5.74) is 3.33. The summed E-state index contributed by atoms with van der Waals surface area (Å²) in [5, 5.41) is 4.66. The first-order chi connectivity index (χ1) is 8.69. The molecule has 104 valence electrons. The molecule has 0 fully saturated rings. The minimum Gasteiger partial charge on any atom is -0.383 e. The van der Waals surface area contributed by atoms with Crippen LogP contribution in [-0.4, -0.2) is 44.0 Å². The SMILES string of the molecule is COCCn1ncc(Cl)c1C(NN)C(OC)OC. The molecule has 1 rings (SSSR count). The minimum absolute atomic E-state index is 0.424. The average Bonchev–Trinajstić information content (AvgIpc) is 2.74. The highest BCUT2D eigenvalue weighted by Gasteiger charge is 2.27. The lowest BCUT2D eigenvalue weighted by Gasteiger charge is -2.25. The summed E-state index contributed by atoms with van der Waals surface area (Å²) in [6.07, 6.45) is 0.990. The fourth-order valence-corrected chi connectivity index (χ4v) is 1.95. The predicted molar refractivity (Wildman–Crippen MR) is 67.0 cm³/mol. The smallest absolute Gasteiger partial charge is 0.179 e. The molecule has 0 aliphatic heterocycles. The van der Waals surface area contributed by atoms with Crippen LogP contribution in [0.5, 0.6) is 0 Å². The number of nitrogens with one attached hydrogen (secondary N) is 1. The number of aromatic nitrogens is 2. The van der Waals surface area contributed by atoms with Crippen molar-refractivity contribution in [2.75, 3.05) is 27.9 Å². The van der Waals surface area contributed by atoms with E-state index < -0.39 is 12.3 Å². The molecule has 1 aromatic rings. The van der Waals surface area contributed by atoms with Gasteiger partial charge >= 0.3 is 0 Å². The van der Waals surface area contributed by atoms with Gasteiger partial charge in [0.05, 0.1) is 30.1 Å². The van der Waals surface area contributed by atoms with Gasteiger partial charge < -0.3 is 14.2 Å². The third-order valence-corrected chi connectivity index (χ3v) is 2.84. The van der Waals surface area contributed by atoms with Crippen molar-refractivity contribution in [1.82, 2.24) is 15.2 Å². The lowest BCUT2D eigenvalue weighted by atomic mass is 10.2. The monoisotopic (exact) mass is 278 g/mol. The Bertz CT molecular complexity index is 357. The zero-order chi connectivity index (χ0) is 13.5. The highest BCUT2D eigenvalue weighted by molar-refractivity contribution is 6.31. The second-order valence-electron chi connectivity index (χ2n) is 3.58. The first-order valence-electron chi connectivity index (χ1n) is 5.41. The molecule has 0 spiro atoms. The van der Waals surface area contributed by atoms with Gasteiger partial charge in [-0.1, -0.05) is 11.6 Å². The quantitative estimate of drug-likeness (QED) is 0.404. The summed E-state index contributed by atoms with van der Waals surface area (Å²) in [6.45, 7) is 1.09. The van der Waals surface area contributed by atoms with Crippen molar-refractivity contribution in [3.05, 3.63) is 16.9 Å². The summed E-state index contributed by atoms with van der Waals surface area (Å²) in [6, 6.07) is -0.424. The van der Waals surface area contributed by atoms with Crippen molar-refractivity contribution in [2.24, 2.45) is 5.84 Å². The van der Waals surface area contributed by atoms with E-state index in [0.29, 0.717) is 23.9 Å². The number of hydrazine groups is 1. The molecule has 0 aliphatic carbocycles. The third kappa shape index (κ3) is 3.41. The van der Waals surface area contributed by atoms with Crippen LogP contribution in [0.1, 0.15) is 11.7 Å². The molecule has 1 aromatic heterocycles. The Balaban J connectivity index is 2.99. The Morgan fingerprint density at radius 1 is 1.44 bits per heavy atom. The van der Waals surface area contributed by atoms with E-state index in [0.717, 1.165) is 0 Å². The van der Waals surface area contributed by atoms with Crippen molar-refractivity contribution in [3.63, 3.8) is 0 Å². The van der Waals surface area contributed by atoms with Gasteiger partial charge in [-0.3, -0.25) is 10.5 Å². The molecule has 0 aromatic carbocycles. The fraction of sp³-hybridized carbons (Fsp3) is 0.700. The molecule has 1 unspecified atom stereocenters.